The van der Waals surface area contributed by atoms with Gasteiger partial charge < -0.3 is 14.2 Å². The molecule has 0 fully saturated rings. The number of benzene rings is 1. The highest BCUT2D eigenvalue weighted by Gasteiger charge is 2.04. The van der Waals surface area contributed by atoms with Crippen LogP contribution in [0.15, 0.2) is 18.2 Å². The summed E-state index contributed by atoms with van der Waals surface area (Å²) in [5.41, 5.74) is 0. The van der Waals surface area contributed by atoms with Crippen LogP contribution in [0.4, 0.5) is 4.39 Å². The number of rotatable bonds is 5. The van der Waals surface area contributed by atoms with Gasteiger partial charge >= 0.3 is 0 Å². The smallest absolute Gasteiger partial charge is 0.188 e. The van der Waals surface area contributed by atoms with Gasteiger partial charge in [-0.25, -0.2) is 4.39 Å². The molecule has 1 aromatic rings. The normalized spacial score (nSPS) is 9.93. The number of methoxy groups -OCH3 is 1. The molecule has 0 radical (unpaired) electrons. The van der Waals surface area contributed by atoms with Crippen LogP contribution in [0.2, 0.25) is 0 Å². The van der Waals surface area contributed by atoms with Gasteiger partial charge in [0.15, 0.2) is 18.4 Å². The van der Waals surface area contributed by atoms with E-state index in [1.807, 2.05) is 0 Å². The molecule has 0 heterocycles. The third-order valence-electron chi connectivity index (χ3n) is 1.55. The minimum absolute atomic E-state index is 0.105. The van der Waals surface area contributed by atoms with Crippen LogP contribution in [-0.2, 0) is 4.74 Å². The van der Waals surface area contributed by atoms with Crippen LogP contribution < -0.4 is 9.47 Å². The van der Waals surface area contributed by atoms with Gasteiger partial charge in [0.25, 0.3) is 0 Å². The predicted molar refractivity (Wildman–Crippen MR) is 50.1 cm³/mol. The largest absolute Gasteiger partial charge is 0.491 e. The van der Waals surface area contributed by atoms with E-state index < -0.39 is 5.82 Å². The van der Waals surface area contributed by atoms with Crippen molar-refractivity contribution in [2.24, 2.45) is 0 Å². The molecular weight excluding hydrogens is 187 g/mol. The second kappa shape index (κ2) is 5.44. The first-order chi connectivity index (χ1) is 6.77. The summed E-state index contributed by atoms with van der Waals surface area (Å²) in [6, 6.07) is 4.43. The van der Waals surface area contributed by atoms with Crippen molar-refractivity contribution in [3.8, 4) is 11.5 Å². The molecule has 0 aliphatic heterocycles. The first-order valence-corrected chi connectivity index (χ1v) is 4.32. The number of halogens is 1. The highest BCUT2D eigenvalue weighted by atomic mass is 19.1. The maximum atomic E-state index is 13.2. The van der Waals surface area contributed by atoms with Crippen molar-refractivity contribution >= 4 is 0 Å². The predicted octanol–water partition coefficient (Wildman–Crippen LogP) is 2.21. The zero-order valence-electron chi connectivity index (χ0n) is 8.25. The van der Waals surface area contributed by atoms with Gasteiger partial charge in [0.1, 0.15) is 5.75 Å². The second-order valence-corrected chi connectivity index (χ2v) is 2.58. The highest BCUT2D eigenvalue weighted by molar-refractivity contribution is 5.32. The van der Waals surface area contributed by atoms with E-state index >= 15 is 0 Å². The molecule has 0 atom stereocenters. The Morgan fingerprint density at radius 1 is 1.29 bits per heavy atom. The fraction of sp³-hybridized carbons (Fsp3) is 0.400. The Labute approximate surface area is 82.4 Å². The maximum absolute atomic E-state index is 13.2. The summed E-state index contributed by atoms with van der Waals surface area (Å²) < 4.78 is 28.0. The van der Waals surface area contributed by atoms with Crippen molar-refractivity contribution in [3.63, 3.8) is 0 Å². The van der Waals surface area contributed by atoms with E-state index in [1.165, 1.54) is 19.2 Å². The lowest BCUT2D eigenvalue weighted by molar-refractivity contribution is 0.0508. The molecule has 0 aliphatic rings. The molecular formula is C10H13FO3. The quantitative estimate of drug-likeness (QED) is 0.682. The first-order valence-electron chi connectivity index (χ1n) is 4.32. The minimum Gasteiger partial charge on any atom is -0.491 e. The minimum atomic E-state index is -0.430. The van der Waals surface area contributed by atoms with E-state index in [9.17, 15) is 4.39 Å². The summed E-state index contributed by atoms with van der Waals surface area (Å²) in [4.78, 5) is 0. The maximum Gasteiger partial charge on any atom is 0.188 e. The number of ether oxygens (including phenoxy) is 3. The lowest BCUT2D eigenvalue weighted by Gasteiger charge is -2.07. The molecule has 0 amide bonds. The molecule has 0 saturated carbocycles. The van der Waals surface area contributed by atoms with E-state index in [4.69, 9.17) is 9.47 Å². The Kier molecular flexibility index (Phi) is 4.19. The van der Waals surface area contributed by atoms with E-state index in [0.29, 0.717) is 12.4 Å². The number of hydrogen-bond donors (Lipinski definition) is 0. The molecule has 0 aliphatic carbocycles. The van der Waals surface area contributed by atoms with E-state index in [2.05, 4.69) is 4.74 Å². The Morgan fingerprint density at radius 2 is 2.07 bits per heavy atom. The lowest BCUT2D eigenvalue weighted by atomic mass is 10.3. The van der Waals surface area contributed by atoms with Gasteiger partial charge in [0.05, 0.1) is 6.61 Å². The van der Waals surface area contributed by atoms with E-state index in [0.717, 1.165) is 0 Å². The molecule has 78 valence electrons. The zero-order valence-corrected chi connectivity index (χ0v) is 8.25. The second-order valence-electron chi connectivity index (χ2n) is 2.58. The summed E-state index contributed by atoms with van der Waals surface area (Å²) in [7, 11) is 1.50. The highest BCUT2D eigenvalue weighted by Crippen LogP contribution is 2.22. The van der Waals surface area contributed by atoms with Crippen LogP contribution in [0.1, 0.15) is 6.92 Å². The van der Waals surface area contributed by atoms with Crippen molar-refractivity contribution in [2.75, 3.05) is 20.5 Å². The average Bonchev–Trinajstić information content (AvgIpc) is 2.19. The molecule has 0 aromatic heterocycles. The molecule has 0 unspecified atom stereocenters. The summed E-state index contributed by atoms with van der Waals surface area (Å²) in [5.74, 6) is 0.227. The van der Waals surface area contributed by atoms with Gasteiger partial charge in [-0.3, -0.25) is 0 Å². The summed E-state index contributed by atoms with van der Waals surface area (Å²) >= 11 is 0. The van der Waals surface area contributed by atoms with Gasteiger partial charge in [0.2, 0.25) is 0 Å². The van der Waals surface area contributed by atoms with Crippen molar-refractivity contribution in [3.05, 3.63) is 24.0 Å². The molecule has 1 rings (SSSR count). The zero-order chi connectivity index (χ0) is 10.4. The van der Waals surface area contributed by atoms with Crippen LogP contribution >= 0.6 is 0 Å². The molecule has 1 aromatic carbocycles. The van der Waals surface area contributed by atoms with E-state index in [1.54, 1.807) is 13.0 Å². The van der Waals surface area contributed by atoms with Crippen LogP contribution in [0, 0.1) is 5.82 Å². The lowest BCUT2D eigenvalue weighted by Crippen LogP contribution is -2.00. The molecule has 0 saturated heterocycles. The summed E-state index contributed by atoms with van der Waals surface area (Å²) in [5, 5.41) is 0. The SMILES string of the molecule is CCOc1ccc(OCOC)cc1F. The standard InChI is InChI=1S/C10H13FO3/c1-3-13-10-5-4-8(6-9(10)11)14-7-12-2/h4-6H,3,7H2,1-2H3. The van der Waals surface area contributed by atoms with E-state index in [-0.39, 0.29) is 12.5 Å². The van der Waals surface area contributed by atoms with Crippen molar-refractivity contribution in [1.29, 1.82) is 0 Å². The fourth-order valence-corrected chi connectivity index (χ4v) is 0.971. The monoisotopic (exact) mass is 200 g/mol. The summed E-state index contributed by atoms with van der Waals surface area (Å²) in [6.07, 6.45) is 0. The fourth-order valence-electron chi connectivity index (χ4n) is 0.971. The summed E-state index contributed by atoms with van der Waals surface area (Å²) in [6.45, 7) is 2.34. The number of hydrogen-bond acceptors (Lipinski definition) is 3. The van der Waals surface area contributed by atoms with Gasteiger partial charge in [-0.15, -0.1) is 0 Å². The van der Waals surface area contributed by atoms with Crippen LogP contribution in [0.3, 0.4) is 0 Å². The Bertz CT molecular complexity index is 289. The Morgan fingerprint density at radius 3 is 2.64 bits per heavy atom. The molecule has 0 bridgehead atoms. The van der Waals surface area contributed by atoms with Crippen LogP contribution in [0.5, 0.6) is 11.5 Å². The molecule has 0 N–H and O–H groups in total. The van der Waals surface area contributed by atoms with Gasteiger partial charge in [-0.2, -0.15) is 0 Å². The van der Waals surface area contributed by atoms with Gasteiger partial charge in [-0.1, -0.05) is 0 Å². The molecule has 14 heavy (non-hydrogen) atoms. The molecule has 0 spiro atoms. The van der Waals surface area contributed by atoms with Gasteiger partial charge in [-0.05, 0) is 19.1 Å². The third-order valence-corrected chi connectivity index (χ3v) is 1.55. The van der Waals surface area contributed by atoms with Crippen molar-refractivity contribution in [1.82, 2.24) is 0 Å². The molecule has 3 nitrogen and oxygen atoms in total. The van der Waals surface area contributed by atoms with Crippen LogP contribution in [-0.4, -0.2) is 20.5 Å². The Balaban J connectivity index is 2.68. The first kappa shape index (κ1) is 10.8. The topological polar surface area (TPSA) is 27.7 Å². The average molecular weight is 200 g/mol. The van der Waals surface area contributed by atoms with Crippen molar-refractivity contribution in [2.45, 2.75) is 6.92 Å². The molecule has 4 heteroatoms. The van der Waals surface area contributed by atoms with Gasteiger partial charge in [0, 0.05) is 13.2 Å². The third kappa shape index (κ3) is 2.88. The van der Waals surface area contributed by atoms with Crippen LogP contribution in [0.25, 0.3) is 0 Å². The van der Waals surface area contributed by atoms with Crippen molar-refractivity contribution < 1.29 is 18.6 Å². The Hall–Kier alpha value is -1.29.